The summed E-state index contributed by atoms with van der Waals surface area (Å²) in [6, 6.07) is 0. The van der Waals surface area contributed by atoms with Gasteiger partial charge in [-0.3, -0.25) is 0 Å². The van der Waals surface area contributed by atoms with Crippen LogP contribution in [0.3, 0.4) is 0 Å². The van der Waals surface area contributed by atoms with E-state index in [0.717, 1.165) is 23.9 Å². The van der Waals surface area contributed by atoms with Crippen molar-refractivity contribution in [2.24, 2.45) is 5.92 Å². The third-order valence-electron chi connectivity index (χ3n) is 3.60. The van der Waals surface area contributed by atoms with Gasteiger partial charge in [-0.25, -0.2) is 4.98 Å². The fourth-order valence-corrected chi connectivity index (χ4v) is 3.19. The second kappa shape index (κ2) is 6.29. The number of nitrogens with zero attached hydrogens (tertiary/aromatic N) is 1. The minimum atomic E-state index is -1.05. The van der Waals surface area contributed by atoms with E-state index in [9.17, 15) is 9.90 Å². The summed E-state index contributed by atoms with van der Waals surface area (Å²) in [5.41, 5.74) is 0.636. The van der Waals surface area contributed by atoms with Gasteiger partial charge in [0.1, 0.15) is 0 Å². The molecule has 0 amide bonds. The fraction of sp³-hybridized carbons (Fsp3) is 0.692. The molecule has 1 aromatic rings. The van der Waals surface area contributed by atoms with Gasteiger partial charge >= 0.3 is 0 Å². The van der Waals surface area contributed by atoms with Crippen LogP contribution in [0.4, 0.5) is 0 Å². The monoisotopic (exact) mass is 268 g/mol. The molecular weight excluding hydrogens is 248 g/mol. The Bertz CT molecular complexity index is 397. The molecule has 0 saturated carbocycles. The van der Waals surface area contributed by atoms with E-state index in [2.05, 4.69) is 11.9 Å². The number of carboxylic acid groups (broad SMARTS) is 1. The molecular formula is C13H20N2O2S. The number of carboxylic acids is 1. The van der Waals surface area contributed by atoms with Crippen molar-refractivity contribution in [3.8, 4) is 0 Å². The van der Waals surface area contributed by atoms with Crippen molar-refractivity contribution in [2.75, 3.05) is 19.6 Å². The topological polar surface area (TPSA) is 57.5 Å². The summed E-state index contributed by atoms with van der Waals surface area (Å²) in [7, 11) is 0. The minimum absolute atomic E-state index is 0.0649. The third kappa shape index (κ3) is 4.07. The van der Waals surface area contributed by atoms with Gasteiger partial charge < -0.3 is 14.8 Å². The molecule has 5 heteroatoms. The van der Waals surface area contributed by atoms with Gasteiger partial charge in [-0.2, -0.15) is 0 Å². The molecule has 0 unspecified atom stereocenters. The van der Waals surface area contributed by atoms with E-state index < -0.39 is 5.97 Å². The first-order chi connectivity index (χ1) is 8.63. The zero-order valence-corrected chi connectivity index (χ0v) is 11.6. The Labute approximate surface area is 112 Å². The van der Waals surface area contributed by atoms with Crippen LogP contribution in [0.2, 0.25) is 0 Å². The van der Waals surface area contributed by atoms with E-state index in [4.69, 9.17) is 0 Å². The van der Waals surface area contributed by atoms with Gasteiger partial charge in [0.15, 0.2) is 0 Å². The van der Waals surface area contributed by atoms with E-state index >= 15 is 0 Å². The van der Waals surface area contributed by atoms with Gasteiger partial charge in [0.2, 0.25) is 0 Å². The van der Waals surface area contributed by atoms with Gasteiger partial charge in [0.25, 0.3) is 0 Å². The zero-order valence-electron chi connectivity index (χ0n) is 10.8. The molecule has 1 aliphatic heterocycles. The summed E-state index contributed by atoms with van der Waals surface area (Å²) in [5.74, 6) is -0.175. The predicted molar refractivity (Wildman–Crippen MR) is 68.5 cm³/mol. The molecule has 0 spiro atoms. The lowest BCUT2D eigenvalue weighted by Gasteiger charge is -2.26. The number of thiazole rings is 1. The molecule has 18 heavy (non-hydrogen) atoms. The first-order valence-corrected chi connectivity index (χ1v) is 7.48. The second-order valence-electron chi connectivity index (χ2n) is 5.21. The Morgan fingerprint density at radius 1 is 1.56 bits per heavy atom. The lowest BCUT2D eigenvalue weighted by atomic mass is 9.99. The number of aliphatic carboxylic acids is 1. The molecule has 0 aliphatic carbocycles. The molecule has 1 aliphatic rings. The number of likely N-dealkylation sites (tertiary alicyclic amines) is 1. The van der Waals surface area contributed by atoms with Gasteiger partial charge in [0.05, 0.1) is 30.3 Å². The van der Waals surface area contributed by atoms with Crippen molar-refractivity contribution >= 4 is 17.3 Å². The molecule has 2 rings (SSSR count). The smallest absolute Gasteiger partial charge is 0.0984 e. The van der Waals surface area contributed by atoms with Gasteiger partial charge in [-0.1, -0.05) is 6.92 Å². The molecule has 1 saturated heterocycles. The highest BCUT2D eigenvalue weighted by Gasteiger charge is 2.18. The van der Waals surface area contributed by atoms with Crippen LogP contribution >= 0.6 is 11.3 Å². The normalized spacial score (nSPS) is 24.1. The fourth-order valence-electron chi connectivity index (χ4n) is 2.40. The van der Waals surface area contributed by atoms with Crippen LogP contribution in [-0.4, -0.2) is 30.6 Å². The highest BCUT2D eigenvalue weighted by Crippen LogP contribution is 2.11. The number of quaternary nitrogens is 1. The number of piperidine rings is 1. The molecule has 0 radical (unpaired) electrons. The number of nitrogens with one attached hydrogen (secondary N) is 1. The second-order valence-corrected chi connectivity index (χ2v) is 6.16. The van der Waals surface area contributed by atoms with E-state index in [1.807, 2.05) is 5.38 Å². The SMILES string of the molecule is CC1CC[NH+](CCc2nc(CC(=O)[O-])cs2)CC1. The molecule has 0 atom stereocenters. The van der Waals surface area contributed by atoms with Crippen LogP contribution in [0.5, 0.6) is 0 Å². The number of hydrogen-bond donors (Lipinski definition) is 1. The Morgan fingerprint density at radius 2 is 2.28 bits per heavy atom. The molecule has 0 aromatic carbocycles. The maximum Gasteiger partial charge on any atom is 0.0984 e. The van der Waals surface area contributed by atoms with E-state index in [1.54, 1.807) is 16.2 Å². The van der Waals surface area contributed by atoms with E-state index in [-0.39, 0.29) is 6.42 Å². The number of carbonyl (C=O) groups is 1. The summed E-state index contributed by atoms with van der Waals surface area (Å²) in [5, 5.41) is 13.3. The van der Waals surface area contributed by atoms with Crippen LogP contribution in [-0.2, 0) is 17.6 Å². The highest BCUT2D eigenvalue weighted by atomic mass is 32.1. The first kappa shape index (κ1) is 13.5. The number of carbonyl (C=O) groups excluding carboxylic acids is 1. The number of rotatable bonds is 5. The van der Waals surface area contributed by atoms with E-state index in [1.165, 1.54) is 25.9 Å². The van der Waals surface area contributed by atoms with Crippen molar-refractivity contribution in [3.63, 3.8) is 0 Å². The Balaban J connectivity index is 1.76. The minimum Gasteiger partial charge on any atom is -0.550 e. The molecule has 1 N–H and O–H groups in total. The average Bonchev–Trinajstić information content (AvgIpc) is 2.75. The molecule has 2 heterocycles. The molecule has 4 nitrogen and oxygen atoms in total. The van der Waals surface area contributed by atoms with Crippen LogP contribution in [0.25, 0.3) is 0 Å². The third-order valence-corrected chi connectivity index (χ3v) is 4.56. The van der Waals surface area contributed by atoms with Crippen LogP contribution in [0, 0.1) is 5.92 Å². The van der Waals surface area contributed by atoms with Gasteiger partial charge in [0, 0.05) is 24.2 Å². The predicted octanol–water partition coefficient (Wildman–Crippen LogP) is -0.707. The summed E-state index contributed by atoms with van der Waals surface area (Å²) in [6.07, 6.45) is 3.54. The van der Waals surface area contributed by atoms with Crippen molar-refractivity contribution in [1.82, 2.24) is 4.98 Å². The Kier molecular flexibility index (Phi) is 4.72. The van der Waals surface area contributed by atoms with Crippen LogP contribution in [0.1, 0.15) is 30.5 Å². The number of aromatic nitrogens is 1. The summed E-state index contributed by atoms with van der Waals surface area (Å²) >= 11 is 1.57. The summed E-state index contributed by atoms with van der Waals surface area (Å²) in [6.45, 7) is 5.96. The van der Waals surface area contributed by atoms with Crippen LogP contribution in [0.15, 0.2) is 5.38 Å². The first-order valence-electron chi connectivity index (χ1n) is 6.60. The van der Waals surface area contributed by atoms with Crippen LogP contribution < -0.4 is 10.0 Å². The molecule has 0 bridgehead atoms. The highest BCUT2D eigenvalue weighted by molar-refractivity contribution is 7.09. The van der Waals surface area contributed by atoms with Crippen molar-refractivity contribution in [3.05, 3.63) is 16.1 Å². The van der Waals surface area contributed by atoms with Gasteiger partial charge in [-0.15, -0.1) is 11.3 Å². The maximum absolute atomic E-state index is 10.5. The molecule has 100 valence electrons. The Hall–Kier alpha value is -0.940. The zero-order chi connectivity index (χ0) is 13.0. The maximum atomic E-state index is 10.5. The van der Waals surface area contributed by atoms with Gasteiger partial charge in [-0.05, 0) is 18.8 Å². The average molecular weight is 268 g/mol. The lowest BCUT2D eigenvalue weighted by molar-refractivity contribution is -0.905. The largest absolute Gasteiger partial charge is 0.550 e. The number of hydrogen-bond acceptors (Lipinski definition) is 4. The van der Waals surface area contributed by atoms with Crippen molar-refractivity contribution in [2.45, 2.75) is 32.6 Å². The molecule has 1 fully saturated rings. The molecule has 1 aromatic heterocycles. The van der Waals surface area contributed by atoms with E-state index in [0.29, 0.717) is 5.69 Å². The standard InChI is InChI=1S/C13H20N2O2S/c1-10-2-5-15(6-3-10)7-4-12-14-11(9-18-12)8-13(16)17/h9-10H,2-8H2,1H3,(H,16,17). The van der Waals surface area contributed by atoms with Crippen molar-refractivity contribution < 1.29 is 14.8 Å². The lowest BCUT2D eigenvalue weighted by Crippen LogP contribution is -3.13. The van der Waals surface area contributed by atoms with Crippen molar-refractivity contribution in [1.29, 1.82) is 0 Å². The summed E-state index contributed by atoms with van der Waals surface area (Å²) < 4.78 is 0. The quantitative estimate of drug-likeness (QED) is 0.768. The summed E-state index contributed by atoms with van der Waals surface area (Å²) in [4.78, 5) is 16.5. The Morgan fingerprint density at radius 3 is 2.94 bits per heavy atom.